The van der Waals surface area contributed by atoms with Crippen molar-refractivity contribution >= 4 is 0 Å². The molecule has 0 saturated heterocycles. The zero-order chi connectivity index (χ0) is 12.5. The number of hydrogen-bond acceptors (Lipinski definition) is 3. The van der Waals surface area contributed by atoms with Crippen LogP contribution in [-0.2, 0) is 5.41 Å². The molecule has 0 bridgehead atoms. The maximum Gasteiger partial charge on any atom is 0.161 e. The van der Waals surface area contributed by atoms with Gasteiger partial charge in [-0.25, -0.2) is 0 Å². The summed E-state index contributed by atoms with van der Waals surface area (Å²) in [5, 5.41) is 3.25. The molecule has 17 heavy (non-hydrogen) atoms. The van der Waals surface area contributed by atoms with E-state index in [1.54, 1.807) is 14.2 Å². The highest BCUT2D eigenvalue weighted by atomic mass is 16.5. The molecule has 1 N–H and O–H groups in total. The van der Waals surface area contributed by atoms with Crippen molar-refractivity contribution in [3.05, 3.63) is 23.8 Å². The van der Waals surface area contributed by atoms with Gasteiger partial charge in [-0.3, -0.25) is 0 Å². The fourth-order valence-corrected chi connectivity index (χ4v) is 2.54. The van der Waals surface area contributed by atoms with Gasteiger partial charge in [0, 0.05) is 0 Å². The normalized spacial score (nSPS) is 26.7. The zero-order valence-corrected chi connectivity index (χ0v) is 11.0. The van der Waals surface area contributed by atoms with Gasteiger partial charge in [0.2, 0.25) is 0 Å². The first kappa shape index (κ1) is 12.2. The van der Waals surface area contributed by atoms with Crippen LogP contribution in [0, 0.1) is 5.92 Å². The minimum absolute atomic E-state index is 0.294. The summed E-state index contributed by atoms with van der Waals surface area (Å²) in [5.74, 6) is 2.35. The maximum atomic E-state index is 5.35. The third kappa shape index (κ3) is 2.12. The quantitative estimate of drug-likeness (QED) is 0.848. The molecule has 1 aromatic rings. The van der Waals surface area contributed by atoms with E-state index in [2.05, 4.69) is 24.4 Å². The molecule has 3 nitrogen and oxygen atoms in total. The highest BCUT2D eigenvalue weighted by Gasteiger charge is 2.50. The largest absolute Gasteiger partial charge is 0.493 e. The van der Waals surface area contributed by atoms with E-state index >= 15 is 0 Å². The van der Waals surface area contributed by atoms with Crippen LogP contribution in [0.15, 0.2) is 18.2 Å². The van der Waals surface area contributed by atoms with E-state index in [9.17, 15) is 0 Å². The molecule has 1 fully saturated rings. The predicted molar refractivity (Wildman–Crippen MR) is 68.9 cm³/mol. The number of ether oxygens (including phenoxy) is 2. The van der Waals surface area contributed by atoms with Crippen molar-refractivity contribution in [1.82, 2.24) is 5.32 Å². The van der Waals surface area contributed by atoms with E-state index < -0.39 is 0 Å². The van der Waals surface area contributed by atoms with Crippen LogP contribution in [0.5, 0.6) is 11.5 Å². The summed E-state index contributed by atoms with van der Waals surface area (Å²) < 4.78 is 10.6. The molecular weight excluding hydrogens is 214 g/mol. The molecular formula is C14H21NO2. The molecule has 3 heteroatoms. The predicted octanol–water partition coefficient (Wildman–Crippen LogP) is 2.20. The summed E-state index contributed by atoms with van der Waals surface area (Å²) in [6, 6.07) is 6.25. The van der Waals surface area contributed by atoms with Crippen LogP contribution >= 0.6 is 0 Å². The molecule has 0 aromatic heterocycles. The zero-order valence-electron chi connectivity index (χ0n) is 11.0. The standard InChI is InChI=1S/C14H21NO2/c1-14(8-11(14)9-15-2)10-5-6-12(16-3)13(7-10)17-4/h5-7,11,15H,8-9H2,1-4H3. The minimum Gasteiger partial charge on any atom is -0.493 e. The summed E-state index contributed by atoms with van der Waals surface area (Å²) >= 11 is 0. The van der Waals surface area contributed by atoms with Gasteiger partial charge in [-0.05, 0) is 49.0 Å². The Balaban J connectivity index is 2.23. The van der Waals surface area contributed by atoms with Crippen LogP contribution in [0.1, 0.15) is 18.9 Å². The second-order valence-electron chi connectivity index (χ2n) is 4.95. The van der Waals surface area contributed by atoms with Gasteiger partial charge in [-0.1, -0.05) is 13.0 Å². The molecule has 0 heterocycles. The fourth-order valence-electron chi connectivity index (χ4n) is 2.54. The minimum atomic E-state index is 0.294. The van der Waals surface area contributed by atoms with Gasteiger partial charge in [-0.2, -0.15) is 0 Å². The second-order valence-corrected chi connectivity index (χ2v) is 4.95. The van der Waals surface area contributed by atoms with Gasteiger partial charge in [0.1, 0.15) is 0 Å². The van der Waals surface area contributed by atoms with Crippen LogP contribution in [0.3, 0.4) is 0 Å². The van der Waals surface area contributed by atoms with Gasteiger partial charge < -0.3 is 14.8 Å². The summed E-state index contributed by atoms with van der Waals surface area (Å²) in [4.78, 5) is 0. The highest BCUT2D eigenvalue weighted by molar-refractivity contribution is 5.47. The average molecular weight is 235 g/mol. The number of benzene rings is 1. The maximum absolute atomic E-state index is 5.35. The summed E-state index contributed by atoms with van der Waals surface area (Å²) in [6.07, 6.45) is 1.24. The Kier molecular flexibility index (Phi) is 3.29. The number of methoxy groups -OCH3 is 2. The fraction of sp³-hybridized carbons (Fsp3) is 0.571. The lowest BCUT2D eigenvalue weighted by molar-refractivity contribution is 0.354. The van der Waals surface area contributed by atoms with Crippen LogP contribution in [0.2, 0.25) is 0 Å². The smallest absolute Gasteiger partial charge is 0.161 e. The van der Waals surface area contributed by atoms with E-state index in [1.807, 2.05) is 13.1 Å². The third-order valence-electron chi connectivity index (χ3n) is 3.90. The monoisotopic (exact) mass is 235 g/mol. The van der Waals surface area contributed by atoms with Crippen molar-refractivity contribution in [2.75, 3.05) is 27.8 Å². The van der Waals surface area contributed by atoms with E-state index in [1.165, 1.54) is 12.0 Å². The molecule has 1 aliphatic rings. The van der Waals surface area contributed by atoms with Crippen molar-refractivity contribution in [1.29, 1.82) is 0 Å². The lowest BCUT2D eigenvalue weighted by atomic mass is 9.95. The highest BCUT2D eigenvalue weighted by Crippen LogP contribution is 2.54. The number of nitrogens with one attached hydrogen (secondary N) is 1. The Morgan fingerprint density at radius 1 is 1.29 bits per heavy atom. The Morgan fingerprint density at radius 3 is 2.59 bits per heavy atom. The van der Waals surface area contributed by atoms with Crippen LogP contribution in [0.25, 0.3) is 0 Å². The van der Waals surface area contributed by atoms with E-state index in [0.717, 1.165) is 24.0 Å². The molecule has 2 atom stereocenters. The molecule has 1 aromatic carbocycles. The molecule has 0 spiro atoms. The van der Waals surface area contributed by atoms with Gasteiger partial charge in [0.05, 0.1) is 14.2 Å². The van der Waals surface area contributed by atoms with Crippen molar-refractivity contribution in [2.24, 2.45) is 5.92 Å². The first-order valence-corrected chi connectivity index (χ1v) is 6.03. The summed E-state index contributed by atoms with van der Waals surface area (Å²) in [6.45, 7) is 3.39. The average Bonchev–Trinajstić information content (AvgIpc) is 3.01. The summed E-state index contributed by atoms with van der Waals surface area (Å²) in [5.41, 5.74) is 1.64. The molecule has 1 aliphatic carbocycles. The van der Waals surface area contributed by atoms with Crippen molar-refractivity contribution < 1.29 is 9.47 Å². The molecule has 2 rings (SSSR count). The first-order chi connectivity index (χ1) is 8.15. The SMILES string of the molecule is CNCC1CC1(C)c1ccc(OC)c(OC)c1. The van der Waals surface area contributed by atoms with Crippen LogP contribution in [-0.4, -0.2) is 27.8 Å². The number of hydrogen-bond donors (Lipinski definition) is 1. The van der Waals surface area contributed by atoms with E-state index in [-0.39, 0.29) is 0 Å². The molecule has 94 valence electrons. The number of rotatable bonds is 5. The Bertz CT molecular complexity index is 405. The van der Waals surface area contributed by atoms with Crippen LogP contribution in [0.4, 0.5) is 0 Å². The molecule has 0 radical (unpaired) electrons. The van der Waals surface area contributed by atoms with Crippen molar-refractivity contribution in [3.63, 3.8) is 0 Å². The molecule has 0 amide bonds. The van der Waals surface area contributed by atoms with Crippen LogP contribution < -0.4 is 14.8 Å². The topological polar surface area (TPSA) is 30.5 Å². The molecule has 1 saturated carbocycles. The Hall–Kier alpha value is -1.22. The second kappa shape index (κ2) is 4.57. The van der Waals surface area contributed by atoms with Crippen molar-refractivity contribution in [2.45, 2.75) is 18.8 Å². The van der Waals surface area contributed by atoms with E-state index in [0.29, 0.717) is 5.41 Å². The Labute approximate surface area is 103 Å². The van der Waals surface area contributed by atoms with Gasteiger partial charge in [0.15, 0.2) is 11.5 Å². The van der Waals surface area contributed by atoms with Gasteiger partial charge >= 0.3 is 0 Å². The third-order valence-corrected chi connectivity index (χ3v) is 3.90. The molecule has 0 aliphatic heterocycles. The first-order valence-electron chi connectivity index (χ1n) is 6.03. The van der Waals surface area contributed by atoms with Gasteiger partial charge in [0.25, 0.3) is 0 Å². The molecule has 2 unspecified atom stereocenters. The van der Waals surface area contributed by atoms with Crippen molar-refractivity contribution in [3.8, 4) is 11.5 Å². The lowest BCUT2D eigenvalue weighted by Crippen LogP contribution is -2.15. The van der Waals surface area contributed by atoms with Gasteiger partial charge in [-0.15, -0.1) is 0 Å². The van der Waals surface area contributed by atoms with E-state index in [4.69, 9.17) is 9.47 Å². The Morgan fingerprint density at radius 2 is 2.00 bits per heavy atom. The summed E-state index contributed by atoms with van der Waals surface area (Å²) in [7, 11) is 5.36. The lowest BCUT2D eigenvalue weighted by Gasteiger charge is -2.15.